The van der Waals surface area contributed by atoms with E-state index in [1.807, 2.05) is 6.20 Å². The summed E-state index contributed by atoms with van der Waals surface area (Å²) in [6.45, 7) is 5.97. The van der Waals surface area contributed by atoms with E-state index in [1.165, 1.54) is 50.0 Å². The van der Waals surface area contributed by atoms with Gasteiger partial charge < -0.3 is 4.90 Å². The molecule has 2 unspecified atom stereocenters. The highest BCUT2D eigenvalue weighted by Gasteiger charge is 2.22. The summed E-state index contributed by atoms with van der Waals surface area (Å²) >= 11 is 0. The van der Waals surface area contributed by atoms with Crippen molar-refractivity contribution < 1.29 is 0 Å². The van der Waals surface area contributed by atoms with Crippen molar-refractivity contribution in [2.75, 3.05) is 19.6 Å². The molecule has 3 heteroatoms. The summed E-state index contributed by atoms with van der Waals surface area (Å²) in [6.07, 6.45) is 7.88. The van der Waals surface area contributed by atoms with Gasteiger partial charge in [-0.25, -0.2) is 0 Å². The Balaban J connectivity index is 1.51. The van der Waals surface area contributed by atoms with Crippen LogP contribution in [0, 0.1) is 0 Å². The molecule has 112 valence electrons. The monoisotopic (exact) mass is 283 g/mol. The molecule has 1 saturated heterocycles. The molecule has 1 N–H and O–H groups in total. The standard InChI is InChI=1S/C18H25N3/c1-15(16-6-3-2-4-7-16)9-11-21-10-5-8-17(14-21)18-12-19-20-13-18/h2-4,6-7,12-13,15,17H,5,8-11,14H2,1H3,(H,19,20). The molecule has 21 heavy (non-hydrogen) atoms. The molecule has 0 saturated carbocycles. The Labute approximate surface area is 127 Å². The van der Waals surface area contributed by atoms with Crippen LogP contribution in [0.1, 0.15) is 49.1 Å². The second-order valence-electron chi connectivity index (χ2n) is 6.27. The van der Waals surface area contributed by atoms with E-state index < -0.39 is 0 Å². The number of rotatable bonds is 5. The van der Waals surface area contributed by atoms with Gasteiger partial charge in [0.1, 0.15) is 0 Å². The third-order valence-electron chi connectivity index (χ3n) is 4.74. The summed E-state index contributed by atoms with van der Waals surface area (Å²) in [6, 6.07) is 10.9. The minimum Gasteiger partial charge on any atom is -0.303 e. The molecule has 1 aromatic heterocycles. The van der Waals surface area contributed by atoms with Crippen LogP contribution in [0.25, 0.3) is 0 Å². The molecule has 0 spiro atoms. The molecule has 0 radical (unpaired) electrons. The van der Waals surface area contributed by atoms with Crippen molar-refractivity contribution in [3.63, 3.8) is 0 Å². The fourth-order valence-corrected chi connectivity index (χ4v) is 3.34. The molecule has 1 fully saturated rings. The predicted molar refractivity (Wildman–Crippen MR) is 86.5 cm³/mol. The molecule has 2 atom stereocenters. The van der Waals surface area contributed by atoms with E-state index >= 15 is 0 Å². The van der Waals surface area contributed by atoms with Crippen molar-refractivity contribution in [3.8, 4) is 0 Å². The summed E-state index contributed by atoms with van der Waals surface area (Å²) in [5.74, 6) is 1.30. The normalized spacial score (nSPS) is 21.3. The number of nitrogens with zero attached hydrogens (tertiary/aromatic N) is 2. The number of benzene rings is 1. The molecular weight excluding hydrogens is 258 g/mol. The van der Waals surface area contributed by atoms with Crippen LogP contribution in [0.15, 0.2) is 42.7 Å². The SMILES string of the molecule is CC(CCN1CCCC(c2cn[nH]c2)C1)c1ccccc1. The van der Waals surface area contributed by atoms with Crippen LogP contribution in [0.4, 0.5) is 0 Å². The lowest BCUT2D eigenvalue weighted by atomic mass is 9.92. The van der Waals surface area contributed by atoms with Crippen molar-refractivity contribution in [1.29, 1.82) is 0 Å². The van der Waals surface area contributed by atoms with E-state index in [0.717, 1.165) is 0 Å². The number of piperidine rings is 1. The summed E-state index contributed by atoms with van der Waals surface area (Å²) in [7, 11) is 0. The van der Waals surface area contributed by atoms with Gasteiger partial charge in [0.15, 0.2) is 0 Å². The molecule has 2 aromatic rings. The molecule has 0 bridgehead atoms. The van der Waals surface area contributed by atoms with Crippen molar-refractivity contribution in [2.24, 2.45) is 0 Å². The fraction of sp³-hybridized carbons (Fsp3) is 0.500. The first kappa shape index (κ1) is 14.3. The number of hydrogen-bond donors (Lipinski definition) is 1. The average molecular weight is 283 g/mol. The first-order valence-electron chi connectivity index (χ1n) is 8.09. The van der Waals surface area contributed by atoms with E-state index in [1.54, 1.807) is 0 Å². The molecule has 0 amide bonds. The lowest BCUT2D eigenvalue weighted by Crippen LogP contribution is -2.35. The fourth-order valence-electron chi connectivity index (χ4n) is 3.34. The van der Waals surface area contributed by atoms with E-state index in [4.69, 9.17) is 0 Å². The molecule has 1 aliphatic heterocycles. The Morgan fingerprint density at radius 2 is 2.19 bits per heavy atom. The Morgan fingerprint density at radius 1 is 1.33 bits per heavy atom. The average Bonchev–Trinajstić information content (AvgIpc) is 3.08. The number of likely N-dealkylation sites (tertiary alicyclic amines) is 1. The van der Waals surface area contributed by atoms with Gasteiger partial charge in [0.05, 0.1) is 6.20 Å². The molecular formula is C18H25N3. The van der Waals surface area contributed by atoms with Gasteiger partial charge in [-0.15, -0.1) is 0 Å². The first-order chi connectivity index (χ1) is 10.3. The molecule has 3 rings (SSSR count). The summed E-state index contributed by atoms with van der Waals surface area (Å²) in [5.41, 5.74) is 2.83. The van der Waals surface area contributed by atoms with E-state index in [2.05, 4.69) is 58.5 Å². The zero-order valence-electron chi connectivity index (χ0n) is 12.8. The van der Waals surface area contributed by atoms with Gasteiger partial charge in [0.25, 0.3) is 0 Å². The lowest BCUT2D eigenvalue weighted by molar-refractivity contribution is 0.202. The lowest BCUT2D eigenvalue weighted by Gasteiger charge is -2.33. The molecule has 1 aliphatic rings. The van der Waals surface area contributed by atoms with Crippen LogP contribution in [-0.2, 0) is 0 Å². The third-order valence-corrected chi connectivity index (χ3v) is 4.74. The minimum absolute atomic E-state index is 0.639. The number of nitrogens with one attached hydrogen (secondary N) is 1. The number of aromatic nitrogens is 2. The van der Waals surface area contributed by atoms with Gasteiger partial charge in [-0.2, -0.15) is 5.10 Å². The van der Waals surface area contributed by atoms with Crippen LogP contribution in [-0.4, -0.2) is 34.7 Å². The molecule has 1 aromatic carbocycles. The van der Waals surface area contributed by atoms with Crippen molar-refractivity contribution >= 4 is 0 Å². The summed E-state index contributed by atoms with van der Waals surface area (Å²) in [4.78, 5) is 2.63. The van der Waals surface area contributed by atoms with Crippen molar-refractivity contribution in [2.45, 2.75) is 38.0 Å². The molecule has 0 aliphatic carbocycles. The van der Waals surface area contributed by atoms with Crippen LogP contribution >= 0.6 is 0 Å². The van der Waals surface area contributed by atoms with Gasteiger partial charge in [0, 0.05) is 12.7 Å². The second kappa shape index (κ2) is 6.90. The van der Waals surface area contributed by atoms with E-state index in [-0.39, 0.29) is 0 Å². The maximum Gasteiger partial charge on any atom is 0.0522 e. The van der Waals surface area contributed by atoms with E-state index in [0.29, 0.717) is 11.8 Å². The smallest absolute Gasteiger partial charge is 0.0522 e. The summed E-state index contributed by atoms with van der Waals surface area (Å²) in [5, 5.41) is 7.04. The molecule has 3 nitrogen and oxygen atoms in total. The Morgan fingerprint density at radius 3 is 2.95 bits per heavy atom. The highest BCUT2D eigenvalue weighted by atomic mass is 15.1. The van der Waals surface area contributed by atoms with Gasteiger partial charge in [-0.1, -0.05) is 37.3 Å². The minimum atomic E-state index is 0.639. The quantitative estimate of drug-likeness (QED) is 0.905. The van der Waals surface area contributed by atoms with Gasteiger partial charge in [-0.05, 0) is 55.3 Å². The topological polar surface area (TPSA) is 31.9 Å². The zero-order valence-corrected chi connectivity index (χ0v) is 12.8. The Hall–Kier alpha value is -1.61. The number of hydrogen-bond acceptors (Lipinski definition) is 2. The van der Waals surface area contributed by atoms with Gasteiger partial charge in [0.2, 0.25) is 0 Å². The maximum atomic E-state index is 4.09. The van der Waals surface area contributed by atoms with E-state index in [9.17, 15) is 0 Å². The van der Waals surface area contributed by atoms with Gasteiger partial charge >= 0.3 is 0 Å². The third kappa shape index (κ3) is 3.73. The zero-order chi connectivity index (χ0) is 14.5. The Bertz CT molecular complexity index is 521. The van der Waals surface area contributed by atoms with Gasteiger partial charge in [-0.3, -0.25) is 5.10 Å². The molecule has 2 heterocycles. The highest BCUT2D eigenvalue weighted by molar-refractivity contribution is 5.18. The summed E-state index contributed by atoms with van der Waals surface area (Å²) < 4.78 is 0. The van der Waals surface area contributed by atoms with Crippen LogP contribution in [0.3, 0.4) is 0 Å². The second-order valence-corrected chi connectivity index (χ2v) is 6.27. The largest absolute Gasteiger partial charge is 0.303 e. The van der Waals surface area contributed by atoms with Crippen molar-refractivity contribution in [3.05, 3.63) is 53.9 Å². The van der Waals surface area contributed by atoms with Crippen molar-refractivity contribution in [1.82, 2.24) is 15.1 Å². The number of H-pyrrole nitrogens is 1. The predicted octanol–water partition coefficient (Wildman–Crippen LogP) is 3.78. The van der Waals surface area contributed by atoms with Crippen LogP contribution in [0.2, 0.25) is 0 Å². The Kier molecular flexibility index (Phi) is 4.71. The number of aromatic amines is 1. The van der Waals surface area contributed by atoms with Crippen LogP contribution in [0.5, 0.6) is 0 Å². The first-order valence-corrected chi connectivity index (χ1v) is 8.09. The highest BCUT2D eigenvalue weighted by Crippen LogP contribution is 2.27. The van der Waals surface area contributed by atoms with Crippen LogP contribution < -0.4 is 0 Å². The maximum absolute atomic E-state index is 4.09.